The van der Waals surface area contributed by atoms with Crippen LogP contribution in [0.3, 0.4) is 0 Å². The van der Waals surface area contributed by atoms with Gasteiger partial charge in [0.1, 0.15) is 0 Å². The number of nitrogens with zero attached hydrogens (tertiary/aromatic N) is 2. The third-order valence-corrected chi connectivity index (χ3v) is 7.99. The van der Waals surface area contributed by atoms with E-state index in [1.807, 2.05) is 0 Å². The van der Waals surface area contributed by atoms with Gasteiger partial charge >= 0.3 is 39.3 Å². The molecule has 0 fully saturated rings. The van der Waals surface area contributed by atoms with E-state index < -0.39 is 0 Å². The predicted octanol–water partition coefficient (Wildman–Crippen LogP) is 13.2. The van der Waals surface area contributed by atoms with E-state index in [-0.39, 0.29) is 0 Å². The average Bonchev–Trinajstić information content (AvgIpc) is 3.26. The van der Waals surface area contributed by atoms with Crippen LogP contribution in [0.2, 0.25) is 0 Å². The molecule has 41 heavy (non-hydrogen) atoms. The van der Waals surface area contributed by atoms with Crippen molar-refractivity contribution in [2.45, 2.75) is 130 Å². The summed E-state index contributed by atoms with van der Waals surface area (Å²) in [5, 5.41) is 0. The summed E-state index contributed by atoms with van der Waals surface area (Å²) in [7, 11) is 1.25. The number of benzene rings is 2. The minimum absolute atomic E-state index is 1.00. The van der Waals surface area contributed by atoms with Crippen molar-refractivity contribution in [2.24, 2.45) is 0 Å². The van der Waals surface area contributed by atoms with Crippen LogP contribution < -0.4 is 0 Å². The Morgan fingerprint density at radius 1 is 0.561 bits per heavy atom. The van der Waals surface area contributed by atoms with Crippen LogP contribution in [0.1, 0.15) is 140 Å². The number of aryl methyl sites for hydroxylation is 2. The van der Waals surface area contributed by atoms with Crippen molar-refractivity contribution in [2.75, 3.05) is 0 Å². The molecule has 2 nitrogen and oxygen atoms in total. The summed E-state index contributed by atoms with van der Waals surface area (Å²) in [6.45, 7) is 9.04. The predicted molar refractivity (Wildman–Crippen MR) is 183 cm³/mol. The first kappa shape index (κ1) is 36.2. The second-order valence-corrected chi connectivity index (χ2v) is 16.2. The number of rotatable bonds is 18. The van der Waals surface area contributed by atoms with Gasteiger partial charge in [-0.05, 0) is 86.8 Å². The molecule has 0 amide bonds. The van der Waals surface area contributed by atoms with Gasteiger partial charge in [-0.2, -0.15) is 0 Å². The van der Waals surface area contributed by atoms with Crippen LogP contribution >= 0.6 is 28.5 Å². The van der Waals surface area contributed by atoms with E-state index in [1.54, 1.807) is 4.70 Å². The summed E-state index contributed by atoms with van der Waals surface area (Å²) in [5.41, 5.74) is 21.6. The second kappa shape index (κ2) is 21.6. The molecular formula is C36H52Br2N2Ni. The Kier molecular flexibility index (Phi) is 19.1. The van der Waals surface area contributed by atoms with Crippen LogP contribution in [-0.4, -0.2) is 4.70 Å². The summed E-state index contributed by atoms with van der Waals surface area (Å²) in [6.07, 6.45) is 19.2. The topological polar surface area (TPSA) is 25.3 Å². The molecule has 0 atom stereocenters. The maximum absolute atomic E-state index is 11.8. The van der Waals surface area contributed by atoms with Crippen molar-refractivity contribution in [1.82, 2.24) is 0 Å². The number of allylic oxidation sites excluding steroid dienone is 2. The molecule has 0 radical (unpaired) electrons. The molecule has 5 heteroatoms. The fourth-order valence-corrected chi connectivity index (χ4v) is 5.69. The summed E-state index contributed by atoms with van der Waals surface area (Å²) < 4.78 is 1.54. The number of hydrogen-bond donors (Lipinski definition) is 0. The van der Waals surface area contributed by atoms with Crippen LogP contribution in [0.15, 0.2) is 59.7 Å². The van der Waals surface area contributed by atoms with Gasteiger partial charge in [0, 0.05) is 22.3 Å². The first-order valence-corrected chi connectivity index (χ1v) is 20.9. The van der Waals surface area contributed by atoms with E-state index in [9.17, 15) is 5.53 Å². The zero-order valence-corrected chi connectivity index (χ0v) is 30.1. The van der Waals surface area contributed by atoms with Gasteiger partial charge in [-0.25, -0.2) is 4.70 Å². The van der Waals surface area contributed by atoms with Crippen molar-refractivity contribution < 1.29 is 15.6 Å². The van der Waals surface area contributed by atoms with Crippen LogP contribution in [0.5, 0.6) is 0 Å². The van der Waals surface area contributed by atoms with Crippen LogP contribution in [0.25, 0.3) is 16.9 Å². The van der Waals surface area contributed by atoms with E-state index in [0.717, 1.165) is 73.9 Å². The molecule has 1 heterocycles. The van der Waals surface area contributed by atoms with Gasteiger partial charge in [-0.1, -0.05) is 103 Å². The van der Waals surface area contributed by atoms with Gasteiger partial charge in [0.05, 0.1) is 0 Å². The van der Waals surface area contributed by atoms with Gasteiger partial charge in [-0.15, -0.1) is 0 Å². The average molecular weight is 731 g/mol. The van der Waals surface area contributed by atoms with Crippen molar-refractivity contribution >= 4 is 39.8 Å². The molecule has 1 aliphatic heterocycles. The molecule has 230 valence electrons. The van der Waals surface area contributed by atoms with Crippen molar-refractivity contribution in [1.29, 1.82) is 0 Å². The third kappa shape index (κ3) is 11.9. The molecule has 0 N–H and O–H groups in total. The zero-order valence-electron chi connectivity index (χ0n) is 25.9. The summed E-state index contributed by atoms with van der Waals surface area (Å²) >= 11 is 6.00. The van der Waals surface area contributed by atoms with E-state index in [2.05, 4.69) is 105 Å². The van der Waals surface area contributed by atoms with E-state index in [1.165, 1.54) is 84.5 Å². The van der Waals surface area contributed by atoms with Crippen molar-refractivity contribution in [3.63, 3.8) is 0 Å². The number of hydrogen-bond acceptors (Lipinski definition) is 0. The molecule has 2 aromatic rings. The van der Waals surface area contributed by atoms with Crippen LogP contribution in [0.4, 0.5) is 0 Å². The Balaban J connectivity index is 0.00000187. The zero-order chi connectivity index (χ0) is 29.9. The number of halogens is 2. The molecule has 0 bridgehead atoms. The first-order valence-electron chi connectivity index (χ1n) is 16.0. The molecule has 0 aliphatic carbocycles. The number of unbranched alkanes of at least 4 members (excludes halogenated alkanes) is 8. The summed E-state index contributed by atoms with van der Waals surface area (Å²) in [5.74, 6) is 0. The van der Waals surface area contributed by atoms with Gasteiger partial charge in [0.15, 0.2) is 0 Å². The quantitative estimate of drug-likeness (QED) is 0.0829. The Morgan fingerprint density at radius 3 is 1.63 bits per heavy atom. The molecule has 0 saturated carbocycles. The van der Waals surface area contributed by atoms with Crippen LogP contribution in [0, 0.1) is 0 Å². The van der Waals surface area contributed by atoms with Gasteiger partial charge in [-0.3, -0.25) is 0 Å². The summed E-state index contributed by atoms with van der Waals surface area (Å²) in [4.78, 5) is 0. The minimum atomic E-state index is 1.00. The van der Waals surface area contributed by atoms with Gasteiger partial charge in [0.25, 0.3) is 0 Å². The molecular weight excluding hydrogens is 679 g/mol. The van der Waals surface area contributed by atoms with E-state index in [0.29, 0.717) is 0 Å². The molecule has 1 aliphatic rings. The Hall–Kier alpha value is -1.03. The maximum atomic E-state index is 11.8. The molecule has 0 saturated heterocycles. The van der Waals surface area contributed by atoms with Crippen LogP contribution in [-0.2, 0) is 23.7 Å². The second-order valence-electron chi connectivity index (χ2n) is 11.2. The van der Waals surface area contributed by atoms with Gasteiger partial charge in [0.2, 0.25) is 11.4 Å². The van der Waals surface area contributed by atoms with E-state index in [4.69, 9.17) is 0 Å². The molecule has 0 spiro atoms. The standard InChI is InChI=1S/C36H52N2.2BrH.Ni/c1-5-9-13-14-15-16-19-30-20-17-21-32(28-30)36-34(23-12-8-4)33(22-11-7-3)35(38(36)37)31-26-24-29(25-27-31)18-10-6-2;;;/h17,20-21,24-28H,5-16,18-19,22-23H2,1-4H3;2*1H;/q;;;+2/p-2. The fourth-order valence-electron chi connectivity index (χ4n) is 5.69. The monoisotopic (exact) mass is 728 g/mol. The Morgan fingerprint density at radius 2 is 1.05 bits per heavy atom. The Labute approximate surface area is 271 Å². The molecule has 0 unspecified atom stereocenters. The molecule has 0 aromatic heterocycles. The van der Waals surface area contributed by atoms with Crippen molar-refractivity contribution in [3.05, 3.63) is 87.5 Å². The third-order valence-electron chi connectivity index (χ3n) is 7.99. The SMILES string of the molecule is CCCCCCCCc1cccc(C2=C(CCCC)C(CCCC)=C(c3ccc(CCCC)cc3)[N+]2=[N-])c1.[Br][Ni][Br]. The normalized spacial score (nSPS) is 13.3. The summed E-state index contributed by atoms with van der Waals surface area (Å²) in [6, 6.07) is 18.0. The first-order chi connectivity index (χ1) is 20.1. The fraction of sp³-hybridized carbons (Fsp3) is 0.556. The van der Waals surface area contributed by atoms with Crippen molar-refractivity contribution in [3.8, 4) is 0 Å². The molecule has 3 rings (SSSR count). The van der Waals surface area contributed by atoms with Gasteiger partial charge < -0.3 is 5.53 Å². The van der Waals surface area contributed by atoms with E-state index >= 15 is 0 Å². The Bertz CT molecular complexity index is 1100. The molecule has 2 aromatic carbocycles.